The van der Waals surface area contributed by atoms with Crippen molar-refractivity contribution in [2.24, 2.45) is 17.3 Å². The summed E-state index contributed by atoms with van der Waals surface area (Å²) < 4.78 is 20.3. The van der Waals surface area contributed by atoms with Crippen molar-refractivity contribution in [2.45, 2.75) is 64.1 Å². The van der Waals surface area contributed by atoms with E-state index in [0.29, 0.717) is 11.8 Å². The van der Waals surface area contributed by atoms with E-state index < -0.39 is 6.17 Å². The van der Waals surface area contributed by atoms with Gasteiger partial charge in [0, 0.05) is 5.92 Å². The van der Waals surface area contributed by atoms with Crippen LogP contribution in [0.5, 0.6) is 5.75 Å². The van der Waals surface area contributed by atoms with Crippen molar-refractivity contribution in [3.8, 4) is 5.75 Å². The minimum absolute atomic E-state index is 0.0667. The summed E-state index contributed by atoms with van der Waals surface area (Å²) in [5.74, 6) is 2.12. The van der Waals surface area contributed by atoms with Crippen molar-refractivity contribution >= 4 is 0 Å². The number of rotatable bonds is 0. The molecule has 0 bridgehead atoms. The van der Waals surface area contributed by atoms with Crippen LogP contribution in [0.4, 0.5) is 4.39 Å². The number of hydrogen-bond donors (Lipinski definition) is 0. The quantitative estimate of drug-likeness (QED) is 0.657. The summed E-state index contributed by atoms with van der Waals surface area (Å²) >= 11 is 0. The van der Waals surface area contributed by atoms with Crippen LogP contribution in [0.1, 0.15) is 51.5 Å². The van der Waals surface area contributed by atoms with Crippen molar-refractivity contribution in [1.82, 2.24) is 0 Å². The highest BCUT2D eigenvalue weighted by Gasteiger charge is 2.57. The largest absolute Gasteiger partial charge is 0.487 e. The molecule has 1 aromatic carbocycles. The van der Waals surface area contributed by atoms with Crippen molar-refractivity contribution in [2.75, 3.05) is 0 Å². The van der Waals surface area contributed by atoms with Crippen LogP contribution in [-0.2, 0) is 6.42 Å². The molecule has 0 radical (unpaired) electrons. The summed E-state index contributed by atoms with van der Waals surface area (Å²) in [6, 6.07) is 8.46. The second-order valence-corrected chi connectivity index (χ2v) is 7.89. The van der Waals surface area contributed by atoms with Crippen molar-refractivity contribution in [3.63, 3.8) is 0 Å². The summed E-state index contributed by atoms with van der Waals surface area (Å²) in [5, 5.41) is 0. The Bertz CT molecular complexity index is 556. The Morgan fingerprint density at radius 2 is 1.95 bits per heavy atom. The fraction of sp³-hybridized carbons (Fsp3) is 0.684. The molecule has 4 rings (SSSR count). The van der Waals surface area contributed by atoms with Crippen LogP contribution < -0.4 is 4.74 Å². The van der Waals surface area contributed by atoms with Gasteiger partial charge < -0.3 is 4.74 Å². The van der Waals surface area contributed by atoms with Gasteiger partial charge in [0.05, 0.1) is 0 Å². The number of fused-ring (bicyclic) bond motifs is 4. The zero-order valence-corrected chi connectivity index (χ0v) is 13.1. The molecule has 0 saturated heterocycles. The van der Waals surface area contributed by atoms with Crippen LogP contribution >= 0.6 is 0 Å². The van der Waals surface area contributed by atoms with E-state index in [9.17, 15) is 4.39 Å². The van der Waals surface area contributed by atoms with Gasteiger partial charge in [-0.15, -0.1) is 0 Å². The normalized spacial score (nSPS) is 45.0. The summed E-state index contributed by atoms with van der Waals surface area (Å²) in [5.41, 5.74) is 1.51. The number of ether oxygens (including phenoxy) is 1. The molecule has 1 aliphatic heterocycles. The van der Waals surface area contributed by atoms with Gasteiger partial charge in [-0.2, -0.15) is 0 Å². The Morgan fingerprint density at radius 1 is 1.14 bits per heavy atom. The molecule has 0 unspecified atom stereocenters. The van der Waals surface area contributed by atoms with E-state index in [4.69, 9.17) is 4.74 Å². The van der Waals surface area contributed by atoms with E-state index in [1.54, 1.807) is 0 Å². The highest BCUT2D eigenvalue weighted by atomic mass is 19.1. The lowest BCUT2D eigenvalue weighted by Crippen LogP contribution is -2.59. The molecule has 114 valence electrons. The molecule has 5 atom stereocenters. The lowest BCUT2D eigenvalue weighted by molar-refractivity contribution is -0.139. The molecule has 2 aliphatic carbocycles. The predicted molar refractivity (Wildman–Crippen MR) is 82.2 cm³/mol. The van der Waals surface area contributed by atoms with Crippen molar-refractivity contribution < 1.29 is 9.13 Å². The van der Waals surface area contributed by atoms with Gasteiger partial charge in [-0.3, -0.25) is 0 Å². The Balaban J connectivity index is 1.73. The van der Waals surface area contributed by atoms with Gasteiger partial charge >= 0.3 is 0 Å². The smallest absolute Gasteiger partial charge is 0.123 e. The molecule has 21 heavy (non-hydrogen) atoms. The average Bonchev–Trinajstić information content (AvgIpc) is 2.47. The first-order valence-corrected chi connectivity index (χ1v) is 8.42. The van der Waals surface area contributed by atoms with E-state index in [2.05, 4.69) is 38.1 Å². The maximum atomic E-state index is 13.9. The van der Waals surface area contributed by atoms with Gasteiger partial charge in [-0.05, 0) is 68.4 Å². The van der Waals surface area contributed by atoms with Crippen LogP contribution in [-0.4, -0.2) is 11.8 Å². The highest BCUT2D eigenvalue weighted by molar-refractivity contribution is 5.37. The van der Waals surface area contributed by atoms with Crippen LogP contribution in [0.25, 0.3) is 0 Å². The third-order valence-corrected chi connectivity index (χ3v) is 6.73. The standard InChI is InChI=1S/C19H25FO/c1-18-9-8-15(20)12-14(18)7-10-19(2)17(18)11-13-5-3-4-6-16(13)21-19/h3-6,14-15,17H,7-12H2,1-2H3/t14-,15-,17+,18-,19+/m1/s1. The fourth-order valence-corrected chi connectivity index (χ4v) is 5.42. The molecule has 0 N–H and O–H groups in total. The maximum absolute atomic E-state index is 13.9. The SMILES string of the molecule is C[C@@]12CC[C@@H](F)C[C@H]1CC[C@]1(C)Oc3ccccc3C[C@@H]21. The number of benzene rings is 1. The monoisotopic (exact) mass is 288 g/mol. The lowest BCUT2D eigenvalue weighted by atomic mass is 9.49. The van der Waals surface area contributed by atoms with E-state index in [0.717, 1.165) is 44.3 Å². The van der Waals surface area contributed by atoms with Gasteiger partial charge in [-0.1, -0.05) is 25.1 Å². The Hall–Kier alpha value is -1.05. The minimum Gasteiger partial charge on any atom is -0.487 e. The van der Waals surface area contributed by atoms with Crippen LogP contribution in [0.2, 0.25) is 0 Å². The summed E-state index contributed by atoms with van der Waals surface area (Å²) in [4.78, 5) is 0. The van der Waals surface area contributed by atoms with E-state index in [1.165, 1.54) is 5.56 Å². The zero-order chi connectivity index (χ0) is 14.7. The van der Waals surface area contributed by atoms with Crippen LogP contribution in [0, 0.1) is 17.3 Å². The van der Waals surface area contributed by atoms with E-state index in [1.807, 2.05) is 0 Å². The molecule has 2 saturated carbocycles. The third-order valence-electron chi connectivity index (χ3n) is 6.73. The molecule has 1 nitrogen and oxygen atoms in total. The molecular formula is C19H25FO. The molecular weight excluding hydrogens is 263 g/mol. The first kappa shape index (κ1) is 13.6. The first-order valence-electron chi connectivity index (χ1n) is 8.42. The van der Waals surface area contributed by atoms with Gasteiger partial charge in [0.25, 0.3) is 0 Å². The highest BCUT2D eigenvalue weighted by Crippen LogP contribution is 2.60. The first-order chi connectivity index (χ1) is 10.0. The minimum atomic E-state index is -0.579. The second-order valence-electron chi connectivity index (χ2n) is 7.89. The number of hydrogen-bond acceptors (Lipinski definition) is 1. The van der Waals surface area contributed by atoms with Crippen molar-refractivity contribution in [1.29, 1.82) is 0 Å². The van der Waals surface area contributed by atoms with Gasteiger partial charge in [0.1, 0.15) is 17.5 Å². The fourth-order valence-electron chi connectivity index (χ4n) is 5.42. The van der Waals surface area contributed by atoms with Crippen LogP contribution in [0.15, 0.2) is 24.3 Å². The number of halogens is 1. The number of alkyl halides is 1. The molecule has 3 aliphatic rings. The lowest BCUT2D eigenvalue weighted by Gasteiger charge is -2.59. The van der Waals surface area contributed by atoms with Gasteiger partial charge in [0.2, 0.25) is 0 Å². The molecule has 0 spiro atoms. The van der Waals surface area contributed by atoms with E-state index >= 15 is 0 Å². The number of para-hydroxylation sites is 1. The summed E-state index contributed by atoms with van der Waals surface area (Å²) in [7, 11) is 0. The zero-order valence-electron chi connectivity index (χ0n) is 13.1. The maximum Gasteiger partial charge on any atom is 0.123 e. The van der Waals surface area contributed by atoms with Gasteiger partial charge in [0.15, 0.2) is 0 Å². The molecule has 1 heterocycles. The average molecular weight is 288 g/mol. The molecule has 2 heteroatoms. The predicted octanol–water partition coefficient (Wildman–Crippen LogP) is 4.93. The third kappa shape index (κ3) is 1.94. The Labute approximate surface area is 126 Å². The molecule has 0 amide bonds. The van der Waals surface area contributed by atoms with Crippen LogP contribution in [0.3, 0.4) is 0 Å². The topological polar surface area (TPSA) is 9.23 Å². The molecule has 0 aromatic heterocycles. The van der Waals surface area contributed by atoms with Gasteiger partial charge in [-0.25, -0.2) is 4.39 Å². The molecule has 2 fully saturated rings. The van der Waals surface area contributed by atoms with Crippen molar-refractivity contribution in [3.05, 3.63) is 29.8 Å². The Kier molecular flexibility index (Phi) is 2.90. The Morgan fingerprint density at radius 3 is 2.81 bits per heavy atom. The molecule has 1 aromatic rings. The summed E-state index contributed by atoms with van der Waals surface area (Å²) in [6.45, 7) is 4.69. The summed E-state index contributed by atoms with van der Waals surface area (Å²) in [6.07, 6.45) is 5.22. The van der Waals surface area contributed by atoms with E-state index in [-0.39, 0.29) is 11.0 Å². The second kappa shape index (κ2) is 4.47.